The fourth-order valence-corrected chi connectivity index (χ4v) is 6.00. The van der Waals surface area contributed by atoms with Gasteiger partial charge in [0.25, 0.3) is 0 Å². The van der Waals surface area contributed by atoms with Gasteiger partial charge >= 0.3 is 0 Å². The Morgan fingerprint density at radius 3 is 2.05 bits per heavy atom. The fourth-order valence-electron chi connectivity index (χ4n) is 2.85. The van der Waals surface area contributed by atoms with Gasteiger partial charge in [0.2, 0.25) is 0 Å². The number of benzene rings is 1. The SMILES string of the molecule is CCCC(CBr)(CCC)CS(=O)(=O)Cc1ccccc1. The van der Waals surface area contributed by atoms with Gasteiger partial charge in [-0.2, -0.15) is 0 Å². The Morgan fingerprint density at radius 1 is 1.05 bits per heavy atom. The van der Waals surface area contributed by atoms with Crippen molar-refractivity contribution in [1.29, 1.82) is 0 Å². The molecule has 0 aliphatic rings. The summed E-state index contributed by atoms with van der Waals surface area (Å²) in [6.45, 7) is 4.24. The molecule has 0 aliphatic carbocycles. The molecule has 0 unspecified atom stereocenters. The smallest absolute Gasteiger partial charge is 0.155 e. The minimum atomic E-state index is -3.08. The summed E-state index contributed by atoms with van der Waals surface area (Å²) < 4.78 is 25.0. The van der Waals surface area contributed by atoms with Crippen LogP contribution in [-0.4, -0.2) is 19.5 Å². The first-order chi connectivity index (χ1) is 9.47. The first-order valence-corrected chi connectivity index (χ1v) is 10.2. The first-order valence-electron chi connectivity index (χ1n) is 7.27. The largest absolute Gasteiger partial charge is 0.228 e. The van der Waals surface area contributed by atoms with Crippen molar-refractivity contribution >= 4 is 25.8 Å². The van der Waals surface area contributed by atoms with E-state index in [1.54, 1.807) is 0 Å². The highest BCUT2D eigenvalue weighted by molar-refractivity contribution is 9.09. The van der Waals surface area contributed by atoms with Crippen molar-refractivity contribution in [1.82, 2.24) is 0 Å². The van der Waals surface area contributed by atoms with Gasteiger partial charge in [-0.1, -0.05) is 73.0 Å². The summed E-state index contributed by atoms with van der Waals surface area (Å²) in [6, 6.07) is 9.45. The molecule has 0 N–H and O–H groups in total. The molecule has 1 rings (SSSR count). The van der Waals surface area contributed by atoms with Crippen molar-refractivity contribution in [2.75, 3.05) is 11.1 Å². The second-order valence-corrected chi connectivity index (χ2v) is 8.28. The predicted molar refractivity (Wildman–Crippen MR) is 90.0 cm³/mol. The van der Waals surface area contributed by atoms with E-state index >= 15 is 0 Å². The van der Waals surface area contributed by atoms with Crippen molar-refractivity contribution in [3.63, 3.8) is 0 Å². The molecule has 0 saturated heterocycles. The third-order valence-electron chi connectivity index (χ3n) is 3.60. The Hall–Kier alpha value is -0.350. The second-order valence-electron chi connectivity index (χ2n) is 5.65. The number of halogens is 1. The highest BCUT2D eigenvalue weighted by atomic mass is 79.9. The van der Waals surface area contributed by atoms with Crippen LogP contribution in [0.15, 0.2) is 30.3 Å². The first kappa shape index (κ1) is 17.7. The van der Waals surface area contributed by atoms with Crippen LogP contribution in [0, 0.1) is 5.41 Å². The van der Waals surface area contributed by atoms with E-state index in [0.717, 1.165) is 36.6 Å². The maximum Gasteiger partial charge on any atom is 0.155 e. The van der Waals surface area contributed by atoms with Gasteiger partial charge in [0.05, 0.1) is 11.5 Å². The maximum atomic E-state index is 12.5. The normalized spacial score (nSPS) is 12.6. The van der Waals surface area contributed by atoms with E-state index in [1.807, 2.05) is 30.3 Å². The Bertz CT molecular complexity index is 476. The minimum Gasteiger partial charge on any atom is -0.228 e. The number of alkyl halides is 1. The molecular weight excluding hydrogens is 336 g/mol. The lowest BCUT2D eigenvalue weighted by Gasteiger charge is -2.31. The highest BCUT2D eigenvalue weighted by Crippen LogP contribution is 2.34. The maximum absolute atomic E-state index is 12.5. The third kappa shape index (κ3) is 5.57. The number of hydrogen-bond donors (Lipinski definition) is 0. The topological polar surface area (TPSA) is 34.1 Å². The molecule has 0 aromatic heterocycles. The molecule has 2 nitrogen and oxygen atoms in total. The molecule has 0 saturated carbocycles. The Kier molecular flexibility index (Phi) is 7.24. The second kappa shape index (κ2) is 8.18. The molecule has 0 amide bonds. The van der Waals surface area contributed by atoms with E-state index in [4.69, 9.17) is 0 Å². The molecule has 0 fully saturated rings. The van der Waals surface area contributed by atoms with Crippen molar-refractivity contribution in [3.8, 4) is 0 Å². The minimum absolute atomic E-state index is 0.114. The van der Waals surface area contributed by atoms with Gasteiger partial charge < -0.3 is 0 Å². The highest BCUT2D eigenvalue weighted by Gasteiger charge is 2.33. The van der Waals surface area contributed by atoms with Gasteiger partial charge in [-0.3, -0.25) is 0 Å². The quantitative estimate of drug-likeness (QED) is 0.603. The van der Waals surface area contributed by atoms with Crippen molar-refractivity contribution in [2.45, 2.75) is 45.3 Å². The lowest BCUT2D eigenvalue weighted by Crippen LogP contribution is -2.32. The van der Waals surface area contributed by atoms with Crippen LogP contribution in [-0.2, 0) is 15.6 Å². The van der Waals surface area contributed by atoms with E-state index < -0.39 is 9.84 Å². The summed E-state index contributed by atoms with van der Waals surface area (Å²) in [5, 5.41) is 0.760. The number of sulfone groups is 1. The van der Waals surface area contributed by atoms with Crippen LogP contribution in [0.5, 0.6) is 0 Å². The summed E-state index contributed by atoms with van der Waals surface area (Å²) in [7, 11) is -3.08. The summed E-state index contributed by atoms with van der Waals surface area (Å²) in [6.07, 6.45) is 3.96. The van der Waals surface area contributed by atoms with E-state index in [2.05, 4.69) is 29.8 Å². The van der Waals surface area contributed by atoms with E-state index in [0.29, 0.717) is 0 Å². The zero-order valence-electron chi connectivity index (χ0n) is 12.4. The molecule has 20 heavy (non-hydrogen) atoms. The molecule has 1 aromatic rings. The van der Waals surface area contributed by atoms with Crippen LogP contribution in [0.1, 0.15) is 45.1 Å². The van der Waals surface area contributed by atoms with Gasteiger partial charge in [0.15, 0.2) is 9.84 Å². The fraction of sp³-hybridized carbons (Fsp3) is 0.625. The van der Waals surface area contributed by atoms with Gasteiger partial charge in [0, 0.05) is 5.33 Å². The number of rotatable bonds is 9. The summed E-state index contributed by atoms with van der Waals surface area (Å²) in [5.74, 6) is 0.428. The molecule has 0 spiro atoms. The molecule has 0 aliphatic heterocycles. The molecule has 0 bridgehead atoms. The Morgan fingerprint density at radius 2 is 1.60 bits per heavy atom. The molecule has 114 valence electrons. The molecule has 0 radical (unpaired) electrons. The van der Waals surface area contributed by atoms with Gasteiger partial charge in [-0.05, 0) is 23.8 Å². The van der Waals surface area contributed by atoms with E-state index in [-0.39, 0.29) is 16.9 Å². The van der Waals surface area contributed by atoms with Crippen LogP contribution in [0.2, 0.25) is 0 Å². The third-order valence-corrected chi connectivity index (χ3v) is 6.61. The van der Waals surface area contributed by atoms with Crippen LogP contribution in [0.3, 0.4) is 0 Å². The predicted octanol–water partition coefficient (Wildman–Crippen LogP) is 4.58. The van der Waals surface area contributed by atoms with Gasteiger partial charge in [-0.15, -0.1) is 0 Å². The van der Waals surface area contributed by atoms with Crippen LogP contribution in [0.4, 0.5) is 0 Å². The molecular formula is C16H25BrO2S. The molecule has 0 atom stereocenters. The average Bonchev–Trinajstić information content (AvgIpc) is 2.39. The van der Waals surface area contributed by atoms with Gasteiger partial charge in [0.1, 0.15) is 0 Å². The monoisotopic (exact) mass is 360 g/mol. The lowest BCUT2D eigenvalue weighted by molar-refractivity contribution is 0.313. The Balaban J connectivity index is 2.85. The molecule has 1 aromatic carbocycles. The van der Waals surface area contributed by atoms with E-state index in [9.17, 15) is 8.42 Å². The average molecular weight is 361 g/mol. The van der Waals surface area contributed by atoms with Crippen molar-refractivity contribution in [3.05, 3.63) is 35.9 Å². The lowest BCUT2D eigenvalue weighted by atomic mass is 9.83. The van der Waals surface area contributed by atoms with Crippen LogP contribution in [0.25, 0.3) is 0 Å². The molecule has 0 heterocycles. The summed E-state index contributed by atoms with van der Waals surface area (Å²) >= 11 is 3.55. The van der Waals surface area contributed by atoms with E-state index in [1.165, 1.54) is 0 Å². The van der Waals surface area contributed by atoms with Crippen molar-refractivity contribution in [2.24, 2.45) is 5.41 Å². The van der Waals surface area contributed by atoms with Crippen LogP contribution >= 0.6 is 15.9 Å². The summed E-state index contributed by atoms with van der Waals surface area (Å²) in [5.41, 5.74) is 0.765. The zero-order valence-corrected chi connectivity index (χ0v) is 14.8. The van der Waals surface area contributed by atoms with Crippen LogP contribution < -0.4 is 0 Å². The summed E-state index contributed by atoms with van der Waals surface area (Å²) in [4.78, 5) is 0. The molecule has 4 heteroatoms. The standard InChI is InChI=1S/C16H25BrO2S/c1-3-10-16(13-17,11-4-2)14-20(18,19)12-15-8-6-5-7-9-15/h5-9H,3-4,10-14H2,1-2H3. The van der Waals surface area contributed by atoms with Crippen molar-refractivity contribution < 1.29 is 8.42 Å². The van der Waals surface area contributed by atoms with Gasteiger partial charge in [-0.25, -0.2) is 8.42 Å². The Labute approximate surface area is 132 Å². The zero-order chi connectivity index (χ0) is 15.1. The number of hydrogen-bond acceptors (Lipinski definition) is 2.